The van der Waals surface area contributed by atoms with E-state index in [0.29, 0.717) is 45.7 Å². The normalized spacial score (nSPS) is 21.4. The number of imide groups is 1. The van der Waals surface area contributed by atoms with Gasteiger partial charge in [-0.3, -0.25) is 19.3 Å². The quantitative estimate of drug-likeness (QED) is 0.0857. The Hall–Kier alpha value is -3.11. The van der Waals surface area contributed by atoms with Gasteiger partial charge in [0.15, 0.2) is 6.61 Å². The Morgan fingerprint density at radius 2 is 1.55 bits per heavy atom. The van der Waals surface area contributed by atoms with E-state index in [1.807, 2.05) is 25.1 Å². The molecule has 4 aromatic rings. The van der Waals surface area contributed by atoms with Gasteiger partial charge in [0, 0.05) is 31.2 Å². The second-order valence-electron chi connectivity index (χ2n) is 11.0. The van der Waals surface area contributed by atoms with Gasteiger partial charge in [0.2, 0.25) is 17.6 Å². The van der Waals surface area contributed by atoms with Crippen LogP contribution in [-0.4, -0.2) is 44.8 Å². The van der Waals surface area contributed by atoms with E-state index in [9.17, 15) is 19.2 Å². The average Bonchev–Trinajstić information content (AvgIpc) is 3.23. The summed E-state index contributed by atoms with van der Waals surface area (Å²) < 4.78 is 5.44. The maximum Gasteiger partial charge on any atom is 0.339 e. The fraction of sp³-hybridized carbons (Fsp3) is 0.242. The third kappa shape index (κ3) is 5.83. The van der Waals surface area contributed by atoms with Crippen LogP contribution in [0.15, 0.2) is 66.7 Å². The van der Waals surface area contributed by atoms with Crippen molar-refractivity contribution in [2.45, 2.75) is 29.4 Å². The number of esters is 1. The zero-order chi connectivity index (χ0) is 31.3. The van der Waals surface area contributed by atoms with Crippen molar-refractivity contribution in [3.05, 3.63) is 93.5 Å². The molecule has 1 saturated carbocycles. The van der Waals surface area contributed by atoms with Gasteiger partial charge >= 0.3 is 5.97 Å². The van der Waals surface area contributed by atoms with Gasteiger partial charge in [-0.15, -0.1) is 0 Å². The molecule has 2 aliphatic rings. The van der Waals surface area contributed by atoms with E-state index < -0.39 is 18.4 Å². The summed E-state index contributed by atoms with van der Waals surface area (Å²) in [5.41, 5.74) is 3.59. The van der Waals surface area contributed by atoms with Crippen molar-refractivity contribution in [2.24, 2.45) is 11.8 Å². The largest absolute Gasteiger partial charge is 0.454 e. The fourth-order valence-corrected chi connectivity index (χ4v) is 7.54. The average molecular weight is 759 g/mol. The van der Waals surface area contributed by atoms with Crippen molar-refractivity contribution >= 4 is 95.2 Å². The zero-order valence-electron chi connectivity index (χ0n) is 23.2. The summed E-state index contributed by atoms with van der Waals surface area (Å²) >= 11 is 19.3. The summed E-state index contributed by atoms with van der Waals surface area (Å²) in [5.74, 6) is -2.21. The number of carbonyl (C=O) groups excluding carboxylic acids is 4. The van der Waals surface area contributed by atoms with Crippen molar-refractivity contribution in [1.29, 1.82) is 0 Å². The molecular formula is C33H24Br2Cl2N2O5. The van der Waals surface area contributed by atoms with E-state index in [1.54, 1.807) is 36.4 Å². The SMILES string of the molecule is Cc1ccc2nc(-c3ccc(N4C(=O)C5CC(Br)C(Br)CC5C4=O)cc3)cc(C(=O)OCC(=O)c3ccc(Cl)cc3Cl)c2c1. The molecule has 11 heteroatoms. The number of carbonyl (C=O) groups is 4. The van der Waals surface area contributed by atoms with Crippen molar-refractivity contribution in [3.8, 4) is 11.3 Å². The molecule has 0 spiro atoms. The van der Waals surface area contributed by atoms with Crippen LogP contribution >= 0.6 is 55.1 Å². The molecule has 2 amide bonds. The number of hydrogen-bond donors (Lipinski definition) is 0. The third-order valence-electron chi connectivity index (χ3n) is 8.08. The molecule has 224 valence electrons. The predicted octanol–water partition coefficient (Wildman–Crippen LogP) is 7.98. The number of amides is 2. The Bertz CT molecular complexity index is 1820. The van der Waals surface area contributed by atoms with Gasteiger partial charge in [0.05, 0.1) is 39.3 Å². The van der Waals surface area contributed by atoms with Gasteiger partial charge in [-0.2, -0.15) is 0 Å². The highest BCUT2D eigenvalue weighted by Crippen LogP contribution is 2.44. The standard InChI is InChI=1S/C33H24Br2Cl2N2O5/c1-16-2-9-28-21(10-16)24(33(43)44-15-30(40)20-8-5-18(36)11-27(20)37)14-29(38-28)17-3-6-19(7-4-17)39-31(41)22-12-25(34)26(35)13-23(22)32(39)42/h2-11,14,22-23,25-26H,12-13,15H2,1H3. The van der Waals surface area contributed by atoms with Gasteiger partial charge in [-0.25, -0.2) is 9.78 Å². The number of ketones is 1. The third-order valence-corrected chi connectivity index (χ3v) is 11.4. The molecule has 0 radical (unpaired) electrons. The first-order valence-electron chi connectivity index (χ1n) is 13.8. The minimum atomic E-state index is -0.689. The van der Waals surface area contributed by atoms with Gasteiger partial charge in [-0.05, 0) is 68.3 Å². The van der Waals surface area contributed by atoms with E-state index in [1.165, 1.54) is 17.0 Å². The van der Waals surface area contributed by atoms with Crippen LogP contribution in [0, 0.1) is 18.8 Å². The van der Waals surface area contributed by atoms with Crippen LogP contribution in [0.5, 0.6) is 0 Å². The Morgan fingerprint density at radius 1 is 0.886 bits per heavy atom. The Labute approximate surface area is 280 Å². The molecule has 3 aromatic carbocycles. The van der Waals surface area contributed by atoms with Gasteiger partial charge < -0.3 is 4.74 Å². The lowest BCUT2D eigenvalue weighted by atomic mass is 9.81. The highest BCUT2D eigenvalue weighted by molar-refractivity contribution is 9.12. The smallest absolute Gasteiger partial charge is 0.339 e. The molecule has 4 unspecified atom stereocenters. The maximum atomic E-state index is 13.4. The lowest BCUT2D eigenvalue weighted by molar-refractivity contribution is -0.122. The highest BCUT2D eigenvalue weighted by Gasteiger charge is 2.52. The summed E-state index contributed by atoms with van der Waals surface area (Å²) in [5, 5.41) is 1.14. The number of fused-ring (bicyclic) bond motifs is 2. The number of alkyl halides is 2. The number of rotatable bonds is 6. The highest BCUT2D eigenvalue weighted by atomic mass is 79.9. The topological polar surface area (TPSA) is 93.6 Å². The van der Waals surface area contributed by atoms with Crippen LogP contribution in [0.3, 0.4) is 0 Å². The van der Waals surface area contributed by atoms with Crippen molar-refractivity contribution in [3.63, 3.8) is 0 Å². The minimum Gasteiger partial charge on any atom is -0.454 e. The van der Waals surface area contributed by atoms with Crippen molar-refractivity contribution < 1.29 is 23.9 Å². The molecular weight excluding hydrogens is 735 g/mol. The summed E-state index contributed by atoms with van der Waals surface area (Å²) in [4.78, 5) is 58.9. The van der Waals surface area contributed by atoms with E-state index in [0.717, 1.165) is 5.56 Å². The van der Waals surface area contributed by atoms with E-state index >= 15 is 0 Å². The number of pyridine rings is 1. The number of aryl methyl sites for hydroxylation is 1. The second kappa shape index (κ2) is 12.4. The van der Waals surface area contributed by atoms with Crippen LogP contribution in [0.25, 0.3) is 22.2 Å². The number of hydrogen-bond acceptors (Lipinski definition) is 6. The van der Waals surface area contributed by atoms with Crippen molar-refractivity contribution in [1.82, 2.24) is 4.98 Å². The van der Waals surface area contributed by atoms with Crippen LogP contribution < -0.4 is 4.90 Å². The molecule has 1 aliphatic heterocycles. The summed E-state index contributed by atoms with van der Waals surface area (Å²) in [6.45, 7) is 1.39. The van der Waals surface area contributed by atoms with E-state index in [4.69, 9.17) is 32.9 Å². The summed E-state index contributed by atoms with van der Waals surface area (Å²) in [6.07, 6.45) is 1.19. The van der Waals surface area contributed by atoms with Crippen LogP contribution in [0.4, 0.5) is 5.69 Å². The first kappa shape index (κ1) is 30.9. The molecule has 2 heterocycles. The molecule has 1 saturated heterocycles. The van der Waals surface area contributed by atoms with Crippen molar-refractivity contribution in [2.75, 3.05) is 11.5 Å². The number of anilines is 1. The first-order chi connectivity index (χ1) is 21.0. The Morgan fingerprint density at radius 3 is 2.18 bits per heavy atom. The summed E-state index contributed by atoms with van der Waals surface area (Å²) in [6, 6.07) is 18.6. The van der Waals surface area contributed by atoms with Gasteiger partial charge in [0.25, 0.3) is 0 Å². The minimum absolute atomic E-state index is 0.125. The first-order valence-corrected chi connectivity index (χ1v) is 16.4. The molecule has 0 N–H and O–H groups in total. The van der Waals surface area contributed by atoms with E-state index in [2.05, 4.69) is 31.9 Å². The number of benzene rings is 3. The second-order valence-corrected chi connectivity index (χ2v) is 14.2. The van der Waals surface area contributed by atoms with Gasteiger partial charge in [0.1, 0.15) is 0 Å². The molecule has 7 nitrogen and oxygen atoms in total. The van der Waals surface area contributed by atoms with Gasteiger partial charge in [-0.1, -0.05) is 78.8 Å². The molecule has 6 rings (SSSR count). The predicted molar refractivity (Wildman–Crippen MR) is 177 cm³/mol. The fourth-order valence-electron chi connectivity index (χ4n) is 5.79. The van der Waals surface area contributed by atoms with Crippen LogP contribution in [0.2, 0.25) is 10.0 Å². The number of Topliss-reactive ketones (excluding diaryl/α,β-unsaturated/α-hetero) is 1. The molecule has 1 aliphatic carbocycles. The van der Waals surface area contributed by atoms with Crippen LogP contribution in [0.1, 0.15) is 39.1 Å². The number of ether oxygens (including phenoxy) is 1. The van der Waals surface area contributed by atoms with E-state index in [-0.39, 0.29) is 49.5 Å². The Balaban J connectivity index is 1.27. The lowest BCUT2D eigenvalue weighted by Gasteiger charge is -2.29. The molecule has 44 heavy (non-hydrogen) atoms. The lowest BCUT2D eigenvalue weighted by Crippen LogP contribution is -2.34. The molecule has 1 aromatic heterocycles. The van der Waals surface area contributed by atoms with Crippen LogP contribution in [-0.2, 0) is 14.3 Å². The Kier molecular flexibility index (Phi) is 8.67. The number of halogens is 4. The molecule has 0 bridgehead atoms. The number of aromatic nitrogens is 1. The summed E-state index contributed by atoms with van der Waals surface area (Å²) in [7, 11) is 0. The molecule has 2 fully saturated rings. The number of nitrogens with zero attached hydrogens (tertiary/aromatic N) is 2. The monoisotopic (exact) mass is 756 g/mol. The molecule has 4 atom stereocenters. The zero-order valence-corrected chi connectivity index (χ0v) is 27.9. The maximum absolute atomic E-state index is 13.4.